The number of urea groups is 1. The minimum absolute atomic E-state index is 0.226. The van der Waals surface area contributed by atoms with Crippen LogP contribution in [0.2, 0.25) is 10.0 Å². The number of imide groups is 1. The van der Waals surface area contributed by atoms with Crippen LogP contribution in [0.15, 0.2) is 18.2 Å². The van der Waals surface area contributed by atoms with Gasteiger partial charge in [0.25, 0.3) is 5.91 Å². The summed E-state index contributed by atoms with van der Waals surface area (Å²) in [6.07, 6.45) is 0. The fourth-order valence-corrected chi connectivity index (χ4v) is 2.68. The van der Waals surface area contributed by atoms with Crippen molar-refractivity contribution in [2.45, 2.75) is 6.04 Å². The van der Waals surface area contributed by atoms with Gasteiger partial charge < -0.3 is 10.2 Å². The first-order valence-electron chi connectivity index (χ1n) is 5.90. The van der Waals surface area contributed by atoms with Gasteiger partial charge in [-0.05, 0) is 18.2 Å². The molecule has 0 aromatic heterocycles. The second-order valence-corrected chi connectivity index (χ2v) is 5.28. The van der Waals surface area contributed by atoms with Crippen LogP contribution in [0.4, 0.5) is 10.5 Å². The minimum Gasteiger partial charge on any atom is -0.312 e. The average molecular weight is 300 g/mol. The lowest BCUT2D eigenvalue weighted by molar-refractivity contribution is -0.119. The molecule has 2 aliphatic heterocycles. The standard InChI is InChI=1S/C12H11Cl2N3O2/c13-8-2-1-7(5-9(8)14)17-11(18)10-6-15-3-4-16(10)12(17)19/h1-2,5,10,15H,3-4,6H2. The minimum atomic E-state index is -0.421. The summed E-state index contributed by atoms with van der Waals surface area (Å²) in [5, 5.41) is 3.83. The highest BCUT2D eigenvalue weighted by molar-refractivity contribution is 6.42. The van der Waals surface area contributed by atoms with Gasteiger partial charge in [-0.2, -0.15) is 0 Å². The highest BCUT2D eigenvalue weighted by atomic mass is 35.5. The van der Waals surface area contributed by atoms with Crippen molar-refractivity contribution in [3.8, 4) is 0 Å². The van der Waals surface area contributed by atoms with E-state index in [0.717, 1.165) is 0 Å². The van der Waals surface area contributed by atoms with Crippen LogP contribution in [0.1, 0.15) is 0 Å². The van der Waals surface area contributed by atoms with E-state index in [9.17, 15) is 9.59 Å². The highest BCUT2D eigenvalue weighted by Gasteiger charge is 2.46. The van der Waals surface area contributed by atoms with Gasteiger partial charge >= 0.3 is 6.03 Å². The summed E-state index contributed by atoms with van der Waals surface area (Å²) >= 11 is 11.8. The number of benzene rings is 1. The summed E-state index contributed by atoms with van der Waals surface area (Å²) in [5.74, 6) is -0.226. The molecule has 2 saturated heterocycles. The van der Waals surface area contributed by atoms with Crippen LogP contribution < -0.4 is 10.2 Å². The number of nitrogens with zero attached hydrogens (tertiary/aromatic N) is 2. The lowest BCUT2D eigenvalue weighted by Gasteiger charge is -2.26. The van der Waals surface area contributed by atoms with Crippen LogP contribution in [-0.2, 0) is 4.79 Å². The Kier molecular flexibility index (Phi) is 3.12. The molecule has 5 nitrogen and oxygen atoms in total. The zero-order valence-corrected chi connectivity index (χ0v) is 11.4. The summed E-state index contributed by atoms with van der Waals surface area (Å²) in [7, 11) is 0. The molecule has 1 aromatic carbocycles. The molecule has 0 aliphatic carbocycles. The maximum Gasteiger partial charge on any atom is 0.332 e. The van der Waals surface area contributed by atoms with Gasteiger partial charge in [-0.1, -0.05) is 23.2 Å². The topological polar surface area (TPSA) is 52.7 Å². The largest absolute Gasteiger partial charge is 0.332 e. The number of fused-ring (bicyclic) bond motifs is 1. The molecule has 1 atom stereocenters. The molecule has 1 unspecified atom stereocenters. The molecule has 1 N–H and O–H groups in total. The van der Waals surface area contributed by atoms with Gasteiger partial charge in [0.15, 0.2) is 0 Å². The molecule has 0 spiro atoms. The Hall–Kier alpha value is -1.30. The lowest BCUT2D eigenvalue weighted by atomic mass is 10.2. The van der Waals surface area contributed by atoms with Gasteiger partial charge in [-0.3, -0.25) is 4.79 Å². The molecule has 3 amide bonds. The second kappa shape index (κ2) is 4.67. The van der Waals surface area contributed by atoms with Crippen molar-refractivity contribution in [3.63, 3.8) is 0 Å². The number of nitrogens with one attached hydrogen (secondary N) is 1. The summed E-state index contributed by atoms with van der Waals surface area (Å²) in [4.78, 5) is 27.3. The number of piperazine rings is 1. The zero-order valence-electron chi connectivity index (χ0n) is 9.90. The highest BCUT2D eigenvalue weighted by Crippen LogP contribution is 2.31. The van der Waals surface area contributed by atoms with Crippen molar-refractivity contribution >= 4 is 40.8 Å². The number of hydrogen-bond donors (Lipinski definition) is 1. The quantitative estimate of drug-likeness (QED) is 0.804. The van der Waals surface area contributed by atoms with E-state index in [-0.39, 0.29) is 11.9 Å². The first-order valence-corrected chi connectivity index (χ1v) is 6.65. The Balaban J connectivity index is 1.98. The lowest BCUT2D eigenvalue weighted by Crippen LogP contribution is -2.51. The second-order valence-electron chi connectivity index (χ2n) is 4.47. The normalized spacial score (nSPS) is 22.9. The zero-order chi connectivity index (χ0) is 13.6. The number of hydrogen-bond acceptors (Lipinski definition) is 3. The first-order chi connectivity index (χ1) is 9.09. The van der Waals surface area contributed by atoms with Crippen LogP contribution in [0.25, 0.3) is 0 Å². The maximum absolute atomic E-state index is 12.3. The Labute approximate surface area is 120 Å². The number of carbonyl (C=O) groups excluding carboxylic acids is 2. The van der Waals surface area contributed by atoms with Crippen LogP contribution in [0.3, 0.4) is 0 Å². The van der Waals surface area contributed by atoms with Gasteiger partial charge in [0.2, 0.25) is 0 Å². The molecule has 7 heteroatoms. The third-order valence-electron chi connectivity index (χ3n) is 3.35. The van der Waals surface area contributed by atoms with Crippen molar-refractivity contribution in [1.82, 2.24) is 10.2 Å². The average Bonchev–Trinajstić information content (AvgIpc) is 2.66. The summed E-state index contributed by atoms with van der Waals surface area (Å²) in [6.45, 7) is 1.72. The molecule has 2 heterocycles. The van der Waals surface area contributed by atoms with Crippen LogP contribution in [-0.4, -0.2) is 42.5 Å². The fraction of sp³-hybridized carbons (Fsp3) is 0.333. The molecule has 3 rings (SSSR count). The van der Waals surface area contributed by atoms with Crippen molar-refractivity contribution in [3.05, 3.63) is 28.2 Å². The van der Waals surface area contributed by atoms with Crippen molar-refractivity contribution in [2.75, 3.05) is 24.5 Å². The van der Waals surface area contributed by atoms with Gasteiger partial charge in [-0.25, -0.2) is 9.69 Å². The molecule has 100 valence electrons. The van der Waals surface area contributed by atoms with Crippen LogP contribution in [0.5, 0.6) is 0 Å². The van der Waals surface area contributed by atoms with Gasteiger partial charge in [0.05, 0.1) is 15.7 Å². The third kappa shape index (κ3) is 1.98. The summed E-state index contributed by atoms with van der Waals surface area (Å²) in [5.41, 5.74) is 0.457. The molecule has 2 fully saturated rings. The van der Waals surface area contributed by atoms with E-state index < -0.39 is 6.04 Å². The Morgan fingerprint density at radius 2 is 2.00 bits per heavy atom. The summed E-state index contributed by atoms with van der Waals surface area (Å²) in [6, 6.07) is 4.02. The molecular weight excluding hydrogens is 289 g/mol. The van der Waals surface area contributed by atoms with E-state index in [4.69, 9.17) is 23.2 Å². The van der Waals surface area contributed by atoms with Crippen molar-refractivity contribution in [2.24, 2.45) is 0 Å². The van der Waals surface area contributed by atoms with E-state index in [1.807, 2.05) is 0 Å². The third-order valence-corrected chi connectivity index (χ3v) is 4.09. The maximum atomic E-state index is 12.3. The number of anilines is 1. The predicted molar refractivity (Wildman–Crippen MR) is 72.7 cm³/mol. The Morgan fingerprint density at radius 3 is 2.68 bits per heavy atom. The van der Waals surface area contributed by atoms with Gasteiger partial charge in [-0.15, -0.1) is 0 Å². The predicted octanol–water partition coefficient (Wildman–Crippen LogP) is 1.73. The number of rotatable bonds is 1. The smallest absolute Gasteiger partial charge is 0.312 e. The molecule has 2 aliphatic rings. The van der Waals surface area contributed by atoms with E-state index in [1.165, 1.54) is 11.0 Å². The monoisotopic (exact) mass is 299 g/mol. The van der Waals surface area contributed by atoms with Gasteiger partial charge in [0.1, 0.15) is 6.04 Å². The molecule has 0 radical (unpaired) electrons. The molecular formula is C12H11Cl2N3O2. The number of halogens is 2. The SMILES string of the molecule is O=C1C2CNCCN2C(=O)N1c1ccc(Cl)c(Cl)c1. The van der Waals surface area contributed by atoms with Crippen LogP contribution in [0, 0.1) is 0 Å². The molecule has 0 saturated carbocycles. The van der Waals surface area contributed by atoms with E-state index in [1.54, 1.807) is 17.0 Å². The Bertz CT molecular complexity index is 540. The van der Waals surface area contributed by atoms with Crippen molar-refractivity contribution < 1.29 is 9.59 Å². The van der Waals surface area contributed by atoms with E-state index in [2.05, 4.69) is 5.32 Å². The molecule has 0 bridgehead atoms. The molecule has 1 aromatic rings. The number of amides is 3. The van der Waals surface area contributed by atoms with Crippen LogP contribution >= 0.6 is 23.2 Å². The van der Waals surface area contributed by atoms with E-state index >= 15 is 0 Å². The fourth-order valence-electron chi connectivity index (χ4n) is 2.39. The summed E-state index contributed by atoms with van der Waals surface area (Å²) < 4.78 is 0. The first kappa shape index (κ1) is 12.7. The number of carbonyl (C=O) groups is 2. The van der Waals surface area contributed by atoms with Gasteiger partial charge in [0, 0.05) is 19.6 Å². The van der Waals surface area contributed by atoms with Crippen molar-refractivity contribution in [1.29, 1.82) is 0 Å². The Morgan fingerprint density at radius 1 is 1.21 bits per heavy atom. The van der Waals surface area contributed by atoms with E-state index in [0.29, 0.717) is 35.4 Å². The molecule has 19 heavy (non-hydrogen) atoms.